The fourth-order valence-electron chi connectivity index (χ4n) is 1.45. The van der Waals surface area contributed by atoms with E-state index in [4.69, 9.17) is 9.47 Å². The molecule has 1 rings (SSSR count). The Balaban J connectivity index is 3.18. The molecular formula is C12H19NO2. The summed E-state index contributed by atoms with van der Waals surface area (Å²) in [4.78, 5) is 0. The summed E-state index contributed by atoms with van der Waals surface area (Å²) in [6, 6.07) is 5.86. The number of hydrogen-bond donors (Lipinski definition) is 1. The van der Waals surface area contributed by atoms with E-state index in [-0.39, 0.29) is 5.54 Å². The average Bonchev–Trinajstić information content (AvgIpc) is 2.28. The minimum absolute atomic E-state index is 0.113. The van der Waals surface area contributed by atoms with E-state index in [1.54, 1.807) is 14.2 Å². The number of hydrogen-bond acceptors (Lipinski definition) is 3. The molecule has 3 heteroatoms. The van der Waals surface area contributed by atoms with Gasteiger partial charge in [0.25, 0.3) is 0 Å². The molecule has 0 saturated carbocycles. The molecule has 15 heavy (non-hydrogen) atoms. The van der Waals surface area contributed by atoms with Crippen LogP contribution >= 0.6 is 0 Å². The molecule has 0 radical (unpaired) electrons. The summed E-state index contributed by atoms with van der Waals surface area (Å²) < 4.78 is 10.5. The molecule has 3 nitrogen and oxygen atoms in total. The van der Waals surface area contributed by atoms with Crippen molar-refractivity contribution in [1.82, 2.24) is 5.32 Å². The molecule has 1 aromatic rings. The maximum absolute atomic E-state index is 5.36. The molecule has 0 amide bonds. The van der Waals surface area contributed by atoms with E-state index < -0.39 is 0 Å². The summed E-state index contributed by atoms with van der Waals surface area (Å²) in [6.07, 6.45) is 0. The smallest absolute Gasteiger partial charge is 0.127 e. The summed E-state index contributed by atoms with van der Waals surface area (Å²) >= 11 is 0. The molecule has 0 saturated heterocycles. The van der Waals surface area contributed by atoms with Gasteiger partial charge in [0.05, 0.1) is 14.2 Å². The molecule has 0 aliphatic carbocycles. The minimum Gasteiger partial charge on any atom is -0.497 e. The van der Waals surface area contributed by atoms with Crippen LogP contribution in [0.5, 0.6) is 11.5 Å². The molecule has 1 N–H and O–H groups in total. The zero-order valence-corrected chi connectivity index (χ0v) is 10.0. The SMILES string of the molecule is CNC(C)(C)c1ccc(OC)cc1OC. The second-order valence-electron chi connectivity index (χ2n) is 3.94. The first-order chi connectivity index (χ1) is 7.05. The van der Waals surface area contributed by atoms with Crippen LogP contribution in [0.2, 0.25) is 0 Å². The van der Waals surface area contributed by atoms with Crippen LogP contribution in [0.25, 0.3) is 0 Å². The maximum atomic E-state index is 5.36. The standard InChI is InChI=1S/C12H19NO2/c1-12(2,13-3)10-7-6-9(14-4)8-11(10)15-5/h6-8,13H,1-5H3. The Morgan fingerprint density at radius 2 is 1.80 bits per heavy atom. The Bertz CT molecular complexity index is 334. The van der Waals surface area contributed by atoms with E-state index in [9.17, 15) is 0 Å². The highest BCUT2D eigenvalue weighted by Gasteiger charge is 2.22. The molecule has 0 atom stereocenters. The lowest BCUT2D eigenvalue weighted by atomic mass is 9.93. The van der Waals surface area contributed by atoms with Crippen molar-refractivity contribution in [3.05, 3.63) is 23.8 Å². The summed E-state index contributed by atoms with van der Waals surface area (Å²) in [5.41, 5.74) is 1.01. The van der Waals surface area contributed by atoms with Gasteiger partial charge < -0.3 is 14.8 Å². The Labute approximate surface area is 91.4 Å². The number of rotatable bonds is 4. The van der Waals surface area contributed by atoms with Gasteiger partial charge in [-0.05, 0) is 33.0 Å². The molecule has 0 fully saturated rings. The van der Waals surface area contributed by atoms with E-state index in [0.29, 0.717) is 0 Å². The van der Waals surface area contributed by atoms with E-state index in [0.717, 1.165) is 17.1 Å². The van der Waals surface area contributed by atoms with E-state index in [1.165, 1.54) is 0 Å². The number of methoxy groups -OCH3 is 2. The normalized spacial score (nSPS) is 11.3. The largest absolute Gasteiger partial charge is 0.497 e. The zero-order valence-electron chi connectivity index (χ0n) is 10.0. The van der Waals surface area contributed by atoms with Crippen molar-refractivity contribution in [2.75, 3.05) is 21.3 Å². The molecule has 0 heterocycles. The molecule has 84 valence electrons. The molecule has 0 aromatic heterocycles. The molecule has 0 spiro atoms. The molecule has 0 aliphatic heterocycles. The van der Waals surface area contributed by atoms with Gasteiger partial charge in [0.15, 0.2) is 0 Å². The highest BCUT2D eigenvalue weighted by atomic mass is 16.5. The van der Waals surface area contributed by atoms with E-state index in [1.807, 2.05) is 25.2 Å². The fourth-order valence-corrected chi connectivity index (χ4v) is 1.45. The molecular weight excluding hydrogens is 190 g/mol. The quantitative estimate of drug-likeness (QED) is 0.824. The van der Waals surface area contributed by atoms with Crippen LogP contribution in [0.15, 0.2) is 18.2 Å². The van der Waals surface area contributed by atoms with E-state index >= 15 is 0 Å². The van der Waals surface area contributed by atoms with Crippen molar-refractivity contribution in [2.45, 2.75) is 19.4 Å². The predicted molar refractivity (Wildman–Crippen MR) is 61.6 cm³/mol. The van der Waals surface area contributed by atoms with Gasteiger partial charge in [-0.25, -0.2) is 0 Å². The van der Waals surface area contributed by atoms with Crippen molar-refractivity contribution >= 4 is 0 Å². The van der Waals surface area contributed by atoms with Gasteiger partial charge in [-0.2, -0.15) is 0 Å². The topological polar surface area (TPSA) is 30.5 Å². The zero-order chi connectivity index (χ0) is 11.5. The first-order valence-electron chi connectivity index (χ1n) is 4.96. The van der Waals surface area contributed by atoms with Crippen LogP contribution < -0.4 is 14.8 Å². The lowest BCUT2D eigenvalue weighted by molar-refractivity contribution is 0.366. The number of nitrogens with one attached hydrogen (secondary N) is 1. The van der Waals surface area contributed by atoms with Crippen molar-refractivity contribution in [3.8, 4) is 11.5 Å². The number of ether oxygens (including phenoxy) is 2. The second kappa shape index (κ2) is 4.53. The van der Waals surface area contributed by atoms with Crippen LogP contribution in [0.1, 0.15) is 19.4 Å². The Kier molecular flexibility index (Phi) is 3.58. The van der Waals surface area contributed by atoms with Crippen LogP contribution in [0.3, 0.4) is 0 Å². The Morgan fingerprint density at radius 3 is 2.27 bits per heavy atom. The monoisotopic (exact) mass is 209 g/mol. The first-order valence-corrected chi connectivity index (χ1v) is 4.96. The van der Waals surface area contributed by atoms with Gasteiger partial charge in [-0.15, -0.1) is 0 Å². The lowest BCUT2D eigenvalue weighted by Crippen LogP contribution is -2.33. The van der Waals surface area contributed by atoms with Crippen LogP contribution in [0, 0.1) is 0 Å². The highest BCUT2D eigenvalue weighted by Crippen LogP contribution is 2.32. The van der Waals surface area contributed by atoms with Crippen molar-refractivity contribution in [2.24, 2.45) is 0 Å². The molecule has 0 aliphatic rings. The summed E-state index contributed by atoms with van der Waals surface area (Å²) in [5.74, 6) is 1.65. The predicted octanol–water partition coefficient (Wildman–Crippen LogP) is 2.16. The van der Waals surface area contributed by atoms with Gasteiger partial charge in [0, 0.05) is 17.2 Å². The Hall–Kier alpha value is -1.22. The first kappa shape index (κ1) is 11.9. The second-order valence-corrected chi connectivity index (χ2v) is 3.94. The van der Waals surface area contributed by atoms with Crippen LogP contribution in [-0.2, 0) is 5.54 Å². The van der Waals surface area contributed by atoms with E-state index in [2.05, 4.69) is 19.2 Å². The number of benzene rings is 1. The summed E-state index contributed by atoms with van der Waals surface area (Å²) in [5, 5.41) is 3.25. The molecule has 0 bridgehead atoms. The van der Waals surface area contributed by atoms with Crippen LogP contribution in [-0.4, -0.2) is 21.3 Å². The minimum atomic E-state index is -0.113. The summed E-state index contributed by atoms with van der Waals surface area (Å²) in [7, 11) is 5.26. The lowest BCUT2D eigenvalue weighted by Gasteiger charge is -2.26. The van der Waals surface area contributed by atoms with Gasteiger partial charge in [-0.1, -0.05) is 0 Å². The van der Waals surface area contributed by atoms with Crippen molar-refractivity contribution in [3.63, 3.8) is 0 Å². The third-order valence-corrected chi connectivity index (χ3v) is 2.71. The van der Waals surface area contributed by atoms with Crippen molar-refractivity contribution < 1.29 is 9.47 Å². The third kappa shape index (κ3) is 2.42. The average molecular weight is 209 g/mol. The van der Waals surface area contributed by atoms with Gasteiger partial charge in [-0.3, -0.25) is 0 Å². The van der Waals surface area contributed by atoms with Gasteiger partial charge in [0.1, 0.15) is 11.5 Å². The van der Waals surface area contributed by atoms with Gasteiger partial charge in [0.2, 0.25) is 0 Å². The maximum Gasteiger partial charge on any atom is 0.127 e. The molecule has 0 unspecified atom stereocenters. The molecule has 1 aromatic carbocycles. The third-order valence-electron chi connectivity index (χ3n) is 2.71. The Morgan fingerprint density at radius 1 is 1.13 bits per heavy atom. The highest BCUT2D eigenvalue weighted by molar-refractivity contribution is 5.44. The fraction of sp³-hybridized carbons (Fsp3) is 0.500. The summed E-state index contributed by atoms with van der Waals surface area (Å²) in [6.45, 7) is 4.22. The van der Waals surface area contributed by atoms with Gasteiger partial charge >= 0.3 is 0 Å². The van der Waals surface area contributed by atoms with Crippen molar-refractivity contribution in [1.29, 1.82) is 0 Å². The van der Waals surface area contributed by atoms with Crippen LogP contribution in [0.4, 0.5) is 0 Å².